The number of aromatic nitrogens is 2. The summed E-state index contributed by atoms with van der Waals surface area (Å²) in [5, 5.41) is 0. The molecule has 6 heteroatoms. The number of amides is 1. The van der Waals surface area contributed by atoms with Gasteiger partial charge in [0.1, 0.15) is 5.65 Å². The average Bonchev–Trinajstić information content (AvgIpc) is 3.05. The van der Waals surface area contributed by atoms with Gasteiger partial charge in [-0.05, 0) is 25.0 Å². The largest absolute Gasteiger partial charge is 0.380 e. The zero-order valence-corrected chi connectivity index (χ0v) is 12.3. The van der Waals surface area contributed by atoms with E-state index in [9.17, 15) is 4.79 Å². The van der Waals surface area contributed by atoms with Gasteiger partial charge in [-0.1, -0.05) is 6.07 Å². The maximum atomic E-state index is 11.6. The maximum absolute atomic E-state index is 11.6. The summed E-state index contributed by atoms with van der Waals surface area (Å²) in [5.74, 6) is -0.292. The van der Waals surface area contributed by atoms with Crippen molar-refractivity contribution in [1.82, 2.24) is 14.3 Å². The third kappa shape index (κ3) is 2.52. The minimum Gasteiger partial charge on any atom is -0.380 e. The van der Waals surface area contributed by atoms with E-state index in [2.05, 4.69) is 14.3 Å². The molecule has 0 spiro atoms. The standard InChI is InChI=1S/C15H20N4O2/c1-10-4-3-5-19-11(7-17-15(10)19)8-18-9-12(21-2)6-13(18)14(16)20/h3-5,7,12-13H,6,8-9H2,1-2H3,(H2,16,20)/t12-,13-/m0/s1. The molecule has 2 atom stereocenters. The van der Waals surface area contributed by atoms with Crippen LogP contribution in [0.4, 0.5) is 0 Å². The second kappa shape index (κ2) is 5.46. The molecule has 0 saturated carbocycles. The lowest BCUT2D eigenvalue weighted by molar-refractivity contribution is -0.122. The first-order valence-corrected chi connectivity index (χ1v) is 7.08. The number of carbonyl (C=O) groups is 1. The number of methoxy groups -OCH3 is 1. The Morgan fingerprint density at radius 2 is 2.38 bits per heavy atom. The first-order chi connectivity index (χ1) is 10.1. The van der Waals surface area contributed by atoms with E-state index in [0.717, 1.165) is 16.9 Å². The monoisotopic (exact) mass is 288 g/mol. The lowest BCUT2D eigenvalue weighted by Gasteiger charge is -2.21. The molecule has 1 saturated heterocycles. The lowest BCUT2D eigenvalue weighted by Crippen LogP contribution is -2.39. The summed E-state index contributed by atoms with van der Waals surface area (Å²) < 4.78 is 7.44. The highest BCUT2D eigenvalue weighted by Gasteiger charge is 2.36. The van der Waals surface area contributed by atoms with Crippen LogP contribution in [0.5, 0.6) is 0 Å². The molecule has 1 aliphatic rings. The molecular formula is C15H20N4O2. The number of carbonyl (C=O) groups excluding carboxylic acids is 1. The van der Waals surface area contributed by atoms with Crippen molar-refractivity contribution >= 4 is 11.6 Å². The van der Waals surface area contributed by atoms with E-state index >= 15 is 0 Å². The number of aryl methyl sites for hydroxylation is 1. The molecule has 0 aromatic carbocycles. The van der Waals surface area contributed by atoms with Gasteiger partial charge in [-0.15, -0.1) is 0 Å². The molecule has 3 rings (SSSR count). The summed E-state index contributed by atoms with van der Waals surface area (Å²) in [5.41, 5.74) is 8.65. The predicted octanol–water partition coefficient (Wildman–Crippen LogP) is 0.717. The molecule has 2 aromatic rings. The van der Waals surface area contributed by atoms with Gasteiger partial charge in [-0.25, -0.2) is 4.98 Å². The number of fused-ring (bicyclic) bond motifs is 1. The van der Waals surface area contributed by atoms with Crippen molar-refractivity contribution in [1.29, 1.82) is 0 Å². The van der Waals surface area contributed by atoms with Crippen LogP contribution in [-0.2, 0) is 16.1 Å². The molecule has 2 aromatic heterocycles. The Hall–Kier alpha value is -1.92. The van der Waals surface area contributed by atoms with Gasteiger partial charge in [0.05, 0.1) is 24.0 Å². The van der Waals surface area contributed by atoms with Gasteiger partial charge in [0, 0.05) is 26.4 Å². The van der Waals surface area contributed by atoms with E-state index in [1.165, 1.54) is 0 Å². The van der Waals surface area contributed by atoms with Crippen molar-refractivity contribution in [3.05, 3.63) is 35.8 Å². The van der Waals surface area contributed by atoms with Crippen LogP contribution in [0, 0.1) is 6.92 Å². The number of nitrogens with zero attached hydrogens (tertiary/aromatic N) is 3. The van der Waals surface area contributed by atoms with E-state index < -0.39 is 0 Å². The van der Waals surface area contributed by atoms with Crippen LogP contribution in [-0.4, -0.2) is 46.0 Å². The van der Waals surface area contributed by atoms with Crippen molar-refractivity contribution in [2.45, 2.75) is 32.0 Å². The van der Waals surface area contributed by atoms with Crippen LogP contribution in [0.15, 0.2) is 24.5 Å². The molecule has 2 N–H and O–H groups in total. The van der Waals surface area contributed by atoms with Crippen molar-refractivity contribution < 1.29 is 9.53 Å². The third-order valence-electron chi connectivity index (χ3n) is 4.20. The van der Waals surface area contributed by atoms with Crippen LogP contribution in [0.25, 0.3) is 5.65 Å². The second-order valence-corrected chi connectivity index (χ2v) is 5.58. The second-order valence-electron chi connectivity index (χ2n) is 5.58. The van der Waals surface area contributed by atoms with E-state index in [-0.39, 0.29) is 18.1 Å². The summed E-state index contributed by atoms with van der Waals surface area (Å²) in [6.45, 7) is 3.39. The molecule has 112 valence electrons. The molecule has 1 fully saturated rings. The highest BCUT2D eigenvalue weighted by atomic mass is 16.5. The number of hydrogen-bond donors (Lipinski definition) is 1. The van der Waals surface area contributed by atoms with Crippen LogP contribution in [0.1, 0.15) is 17.7 Å². The molecule has 0 unspecified atom stereocenters. The molecule has 0 radical (unpaired) electrons. The van der Waals surface area contributed by atoms with E-state index in [1.54, 1.807) is 7.11 Å². The summed E-state index contributed by atoms with van der Waals surface area (Å²) in [6.07, 6.45) is 4.57. The summed E-state index contributed by atoms with van der Waals surface area (Å²) in [7, 11) is 1.67. The number of hydrogen-bond acceptors (Lipinski definition) is 4. The molecule has 1 amide bonds. The van der Waals surface area contributed by atoms with E-state index in [1.807, 2.05) is 31.5 Å². The van der Waals surface area contributed by atoms with Crippen molar-refractivity contribution in [3.63, 3.8) is 0 Å². The third-order valence-corrected chi connectivity index (χ3v) is 4.20. The normalized spacial score (nSPS) is 23.0. The molecule has 3 heterocycles. The average molecular weight is 288 g/mol. The van der Waals surface area contributed by atoms with E-state index in [0.29, 0.717) is 19.5 Å². The van der Waals surface area contributed by atoms with Gasteiger partial charge < -0.3 is 14.9 Å². The molecule has 0 aliphatic carbocycles. The predicted molar refractivity (Wildman–Crippen MR) is 78.7 cm³/mol. The smallest absolute Gasteiger partial charge is 0.234 e. The number of likely N-dealkylation sites (tertiary alicyclic amines) is 1. The highest BCUT2D eigenvalue weighted by molar-refractivity contribution is 5.80. The van der Waals surface area contributed by atoms with Crippen LogP contribution in [0.3, 0.4) is 0 Å². The zero-order valence-electron chi connectivity index (χ0n) is 12.3. The van der Waals surface area contributed by atoms with Crippen LogP contribution < -0.4 is 5.73 Å². The SMILES string of the molecule is CO[C@H]1C[C@@H](C(N)=O)N(Cc2cnc3c(C)cccn23)C1. The fourth-order valence-corrected chi connectivity index (χ4v) is 3.03. The summed E-state index contributed by atoms with van der Waals surface area (Å²) in [4.78, 5) is 18.2. The molecule has 21 heavy (non-hydrogen) atoms. The fraction of sp³-hybridized carbons (Fsp3) is 0.467. The van der Waals surface area contributed by atoms with Crippen molar-refractivity contribution in [2.75, 3.05) is 13.7 Å². The Labute approximate surface area is 123 Å². The summed E-state index contributed by atoms with van der Waals surface area (Å²) >= 11 is 0. The van der Waals surface area contributed by atoms with Crippen molar-refractivity contribution in [2.24, 2.45) is 5.73 Å². The van der Waals surface area contributed by atoms with Gasteiger partial charge in [0.25, 0.3) is 0 Å². The Bertz CT molecular complexity index is 667. The number of pyridine rings is 1. The Balaban J connectivity index is 1.87. The lowest BCUT2D eigenvalue weighted by atomic mass is 10.2. The van der Waals surface area contributed by atoms with Crippen molar-refractivity contribution in [3.8, 4) is 0 Å². The van der Waals surface area contributed by atoms with Gasteiger partial charge in [0.2, 0.25) is 5.91 Å². The highest BCUT2D eigenvalue weighted by Crippen LogP contribution is 2.23. The van der Waals surface area contributed by atoms with Gasteiger partial charge in [-0.3, -0.25) is 9.69 Å². The zero-order chi connectivity index (χ0) is 15.0. The quantitative estimate of drug-likeness (QED) is 0.899. The minimum atomic E-state index is -0.292. The number of imidazole rings is 1. The first-order valence-electron chi connectivity index (χ1n) is 7.08. The Kier molecular flexibility index (Phi) is 3.65. The molecular weight excluding hydrogens is 268 g/mol. The van der Waals surface area contributed by atoms with Crippen LogP contribution in [0.2, 0.25) is 0 Å². The Morgan fingerprint density at radius 1 is 1.57 bits per heavy atom. The van der Waals surface area contributed by atoms with Crippen LogP contribution >= 0.6 is 0 Å². The number of rotatable bonds is 4. The summed E-state index contributed by atoms with van der Waals surface area (Å²) in [6, 6.07) is 3.76. The topological polar surface area (TPSA) is 72.9 Å². The number of primary amides is 1. The van der Waals surface area contributed by atoms with E-state index in [4.69, 9.17) is 10.5 Å². The Morgan fingerprint density at radius 3 is 3.10 bits per heavy atom. The molecule has 0 bridgehead atoms. The van der Waals surface area contributed by atoms with Gasteiger partial charge in [-0.2, -0.15) is 0 Å². The van der Waals surface area contributed by atoms with Gasteiger partial charge >= 0.3 is 0 Å². The number of ether oxygens (including phenoxy) is 1. The number of nitrogens with two attached hydrogens (primary N) is 1. The first kappa shape index (κ1) is 14.0. The fourth-order valence-electron chi connectivity index (χ4n) is 3.03. The molecule has 6 nitrogen and oxygen atoms in total. The maximum Gasteiger partial charge on any atom is 0.234 e. The molecule has 1 aliphatic heterocycles. The van der Waals surface area contributed by atoms with Gasteiger partial charge in [0.15, 0.2) is 0 Å². The minimum absolute atomic E-state index is 0.0587.